The van der Waals surface area contributed by atoms with Crippen LogP contribution in [0.25, 0.3) is 22.0 Å². The number of rotatable bonds is 4. The van der Waals surface area contributed by atoms with Crippen molar-refractivity contribution in [1.82, 2.24) is 4.57 Å². The topological polar surface area (TPSA) is 30.9 Å². The lowest BCUT2D eigenvalue weighted by molar-refractivity contribution is 0.622. The van der Waals surface area contributed by atoms with E-state index in [9.17, 15) is 0 Å². The largest absolute Gasteiger partial charge is 0.342 e. The average molecular weight is 311 g/mol. The molecule has 2 N–H and O–H groups in total. The minimum Gasteiger partial charge on any atom is -0.342 e. The Morgan fingerprint density at radius 2 is 1.86 bits per heavy atom. The molecule has 0 atom stereocenters. The Morgan fingerprint density at radius 1 is 1.09 bits per heavy atom. The molecule has 0 spiro atoms. The highest BCUT2D eigenvalue weighted by molar-refractivity contribution is 6.31. The first kappa shape index (κ1) is 13.9. The molecule has 3 aromatic rings. The fraction of sp³-hybridized carbons (Fsp3) is 0.263. The molecule has 1 saturated carbocycles. The van der Waals surface area contributed by atoms with Crippen molar-refractivity contribution in [3.8, 4) is 11.1 Å². The fourth-order valence-electron chi connectivity index (χ4n) is 3.29. The van der Waals surface area contributed by atoms with E-state index in [1.165, 1.54) is 40.6 Å². The van der Waals surface area contributed by atoms with Gasteiger partial charge in [-0.3, -0.25) is 0 Å². The molecule has 0 bridgehead atoms. The van der Waals surface area contributed by atoms with Crippen LogP contribution in [0.5, 0.6) is 0 Å². The number of aromatic nitrogens is 1. The van der Waals surface area contributed by atoms with Gasteiger partial charge >= 0.3 is 0 Å². The molecule has 1 aromatic heterocycles. The summed E-state index contributed by atoms with van der Waals surface area (Å²) in [5.41, 5.74) is 11.0. The van der Waals surface area contributed by atoms with E-state index in [4.69, 9.17) is 17.3 Å². The first-order valence-corrected chi connectivity index (χ1v) is 8.22. The Bertz CT molecular complexity index is 816. The van der Waals surface area contributed by atoms with Crippen molar-refractivity contribution in [3.63, 3.8) is 0 Å². The van der Waals surface area contributed by atoms with Gasteiger partial charge in [0.25, 0.3) is 0 Å². The summed E-state index contributed by atoms with van der Waals surface area (Å²) in [6.07, 6.45) is 2.66. The molecule has 3 heteroatoms. The Morgan fingerprint density at radius 3 is 2.55 bits per heavy atom. The number of hydrogen-bond acceptors (Lipinski definition) is 1. The van der Waals surface area contributed by atoms with Crippen LogP contribution in [0.2, 0.25) is 5.02 Å². The smallest absolute Gasteiger partial charge is 0.0490 e. The van der Waals surface area contributed by atoms with Gasteiger partial charge in [-0.15, -0.1) is 0 Å². The molecular formula is C19H19ClN2. The highest BCUT2D eigenvalue weighted by Crippen LogP contribution is 2.39. The molecule has 1 heterocycles. The number of nitrogens with zero attached hydrogens (tertiary/aromatic N) is 1. The summed E-state index contributed by atoms with van der Waals surface area (Å²) in [6.45, 7) is 1.61. The van der Waals surface area contributed by atoms with Gasteiger partial charge in [0.15, 0.2) is 0 Å². The molecule has 0 amide bonds. The van der Waals surface area contributed by atoms with E-state index in [1.54, 1.807) is 0 Å². The summed E-state index contributed by atoms with van der Waals surface area (Å²) in [6, 6.07) is 16.7. The maximum atomic E-state index is 6.26. The second-order valence-corrected chi connectivity index (χ2v) is 6.54. The minimum absolute atomic E-state index is 0.545. The van der Waals surface area contributed by atoms with Crippen molar-refractivity contribution in [2.75, 3.05) is 0 Å². The summed E-state index contributed by atoms with van der Waals surface area (Å²) in [5.74, 6) is 0.806. The molecule has 22 heavy (non-hydrogen) atoms. The van der Waals surface area contributed by atoms with Crippen molar-refractivity contribution in [1.29, 1.82) is 0 Å². The zero-order valence-corrected chi connectivity index (χ0v) is 13.2. The molecule has 0 radical (unpaired) electrons. The van der Waals surface area contributed by atoms with Crippen molar-refractivity contribution in [3.05, 3.63) is 59.2 Å². The Balaban J connectivity index is 2.02. The number of halogens is 1. The Labute approximate surface area is 135 Å². The van der Waals surface area contributed by atoms with Crippen LogP contribution < -0.4 is 5.73 Å². The second kappa shape index (κ2) is 5.45. The molecule has 1 aliphatic carbocycles. The van der Waals surface area contributed by atoms with Gasteiger partial charge < -0.3 is 10.3 Å². The maximum absolute atomic E-state index is 6.26. The van der Waals surface area contributed by atoms with E-state index in [1.807, 2.05) is 12.1 Å². The summed E-state index contributed by atoms with van der Waals surface area (Å²) >= 11 is 6.26. The third kappa shape index (κ3) is 2.33. The highest BCUT2D eigenvalue weighted by Gasteiger charge is 2.25. The maximum Gasteiger partial charge on any atom is 0.0490 e. The third-order valence-electron chi connectivity index (χ3n) is 4.53. The van der Waals surface area contributed by atoms with Crippen LogP contribution in [0.15, 0.2) is 48.5 Å². The minimum atomic E-state index is 0.545. The summed E-state index contributed by atoms with van der Waals surface area (Å²) < 4.78 is 2.41. The normalized spacial score (nSPS) is 14.6. The summed E-state index contributed by atoms with van der Waals surface area (Å²) in [7, 11) is 0. The highest BCUT2D eigenvalue weighted by atomic mass is 35.5. The zero-order valence-electron chi connectivity index (χ0n) is 12.4. The Hall–Kier alpha value is -1.77. The average Bonchev–Trinajstić information content (AvgIpc) is 3.30. The predicted molar refractivity (Wildman–Crippen MR) is 93.0 cm³/mol. The van der Waals surface area contributed by atoms with E-state index in [2.05, 4.69) is 41.0 Å². The van der Waals surface area contributed by atoms with Crippen LogP contribution >= 0.6 is 11.6 Å². The molecule has 2 nitrogen and oxygen atoms in total. The van der Waals surface area contributed by atoms with Crippen molar-refractivity contribution < 1.29 is 0 Å². The molecule has 2 aromatic carbocycles. The van der Waals surface area contributed by atoms with E-state index >= 15 is 0 Å². The van der Waals surface area contributed by atoms with E-state index < -0.39 is 0 Å². The first-order valence-electron chi connectivity index (χ1n) is 7.84. The van der Waals surface area contributed by atoms with Gasteiger partial charge in [0, 0.05) is 40.3 Å². The van der Waals surface area contributed by atoms with E-state index in [0.29, 0.717) is 6.54 Å². The number of benzene rings is 2. The van der Waals surface area contributed by atoms with Crippen molar-refractivity contribution >= 4 is 22.5 Å². The number of fused-ring (bicyclic) bond motifs is 1. The molecule has 0 saturated heterocycles. The lowest BCUT2D eigenvalue weighted by atomic mass is 10.0. The second-order valence-electron chi connectivity index (χ2n) is 6.11. The lowest BCUT2D eigenvalue weighted by Gasteiger charge is -2.10. The van der Waals surface area contributed by atoms with Crippen LogP contribution in [0, 0.1) is 5.92 Å². The Kier molecular flexibility index (Phi) is 3.44. The standard InChI is InChI=1S/C19H19ClN2/c20-15-8-9-17-16(10-15)19(14-4-2-1-3-5-14)18(11-21)22(17)12-13-6-7-13/h1-5,8-10,13H,6-7,11-12,21H2. The molecule has 4 rings (SSSR count). The van der Waals surface area contributed by atoms with Gasteiger partial charge in [-0.2, -0.15) is 0 Å². The van der Waals surface area contributed by atoms with Crippen LogP contribution in [0.1, 0.15) is 18.5 Å². The van der Waals surface area contributed by atoms with E-state index in [-0.39, 0.29) is 0 Å². The molecule has 1 fully saturated rings. The number of hydrogen-bond donors (Lipinski definition) is 1. The van der Waals surface area contributed by atoms with Crippen molar-refractivity contribution in [2.24, 2.45) is 11.7 Å². The fourth-order valence-corrected chi connectivity index (χ4v) is 3.46. The van der Waals surface area contributed by atoms with Crippen LogP contribution in [-0.4, -0.2) is 4.57 Å². The van der Waals surface area contributed by atoms with Gasteiger partial charge in [-0.1, -0.05) is 41.9 Å². The van der Waals surface area contributed by atoms with Crippen LogP contribution in [-0.2, 0) is 13.1 Å². The van der Waals surface area contributed by atoms with Crippen LogP contribution in [0.4, 0.5) is 0 Å². The monoisotopic (exact) mass is 310 g/mol. The van der Waals surface area contributed by atoms with Gasteiger partial charge in [0.05, 0.1) is 0 Å². The zero-order chi connectivity index (χ0) is 15.1. The lowest BCUT2D eigenvalue weighted by Crippen LogP contribution is -2.09. The molecule has 0 aliphatic heterocycles. The van der Waals surface area contributed by atoms with Gasteiger partial charge in [0.2, 0.25) is 0 Å². The SMILES string of the molecule is NCc1c(-c2ccccc2)c2cc(Cl)ccc2n1CC1CC1. The van der Waals surface area contributed by atoms with Gasteiger partial charge in [-0.25, -0.2) is 0 Å². The molecule has 0 unspecified atom stereocenters. The van der Waals surface area contributed by atoms with Gasteiger partial charge in [0.1, 0.15) is 0 Å². The predicted octanol–water partition coefficient (Wildman–Crippen LogP) is 4.83. The third-order valence-corrected chi connectivity index (χ3v) is 4.76. The van der Waals surface area contributed by atoms with E-state index in [0.717, 1.165) is 17.5 Å². The number of nitrogens with two attached hydrogens (primary N) is 1. The molecule has 112 valence electrons. The summed E-state index contributed by atoms with van der Waals surface area (Å²) in [4.78, 5) is 0. The molecular weight excluding hydrogens is 292 g/mol. The first-order chi connectivity index (χ1) is 10.8. The summed E-state index contributed by atoms with van der Waals surface area (Å²) in [5, 5.41) is 1.98. The van der Waals surface area contributed by atoms with Gasteiger partial charge in [-0.05, 0) is 42.5 Å². The quantitative estimate of drug-likeness (QED) is 0.735. The van der Waals surface area contributed by atoms with Crippen LogP contribution in [0.3, 0.4) is 0 Å². The molecule has 1 aliphatic rings. The van der Waals surface area contributed by atoms with Crippen molar-refractivity contribution in [2.45, 2.75) is 25.9 Å².